The van der Waals surface area contributed by atoms with Gasteiger partial charge < -0.3 is 5.73 Å². The first-order valence-electron chi connectivity index (χ1n) is 6.98. The minimum atomic E-state index is 0.0779. The molecule has 20 heavy (non-hydrogen) atoms. The van der Waals surface area contributed by atoms with Crippen molar-refractivity contribution in [1.82, 2.24) is 14.8 Å². The number of aryl methyl sites for hydroxylation is 3. The second kappa shape index (κ2) is 6.86. The molecule has 0 saturated heterocycles. The van der Waals surface area contributed by atoms with Crippen LogP contribution in [0.5, 0.6) is 0 Å². The van der Waals surface area contributed by atoms with Gasteiger partial charge in [-0.15, -0.1) is 0 Å². The third-order valence-corrected chi connectivity index (χ3v) is 3.93. The van der Waals surface area contributed by atoms with Gasteiger partial charge in [-0.25, -0.2) is 0 Å². The van der Waals surface area contributed by atoms with Crippen LogP contribution in [0.25, 0.3) is 0 Å². The van der Waals surface area contributed by atoms with Crippen LogP contribution in [0.1, 0.15) is 30.3 Å². The lowest BCUT2D eigenvalue weighted by atomic mass is 10.0. The van der Waals surface area contributed by atoms with Crippen LogP contribution in [0.4, 0.5) is 0 Å². The number of hydrogen-bond acceptors (Lipinski definition) is 3. The van der Waals surface area contributed by atoms with Crippen LogP contribution >= 0.6 is 11.6 Å². The Labute approximate surface area is 125 Å². The lowest BCUT2D eigenvalue weighted by Gasteiger charge is -2.13. The van der Waals surface area contributed by atoms with Crippen LogP contribution in [0, 0.1) is 6.92 Å². The van der Waals surface area contributed by atoms with Crippen LogP contribution in [0.3, 0.4) is 0 Å². The van der Waals surface area contributed by atoms with Crippen LogP contribution in [-0.2, 0) is 19.4 Å². The monoisotopic (exact) mass is 292 g/mol. The van der Waals surface area contributed by atoms with Gasteiger partial charge in [-0.2, -0.15) is 5.10 Å². The zero-order chi connectivity index (χ0) is 14.5. The van der Waals surface area contributed by atoms with E-state index in [0.29, 0.717) is 0 Å². The number of nitrogens with two attached hydrogens (primary N) is 1. The first-order chi connectivity index (χ1) is 9.61. The lowest BCUT2D eigenvalue weighted by Crippen LogP contribution is -2.25. The van der Waals surface area contributed by atoms with Gasteiger partial charge in [0, 0.05) is 31.4 Å². The Morgan fingerprint density at radius 1 is 1.45 bits per heavy atom. The zero-order valence-electron chi connectivity index (χ0n) is 12.0. The summed E-state index contributed by atoms with van der Waals surface area (Å²) in [4.78, 5) is 4.12. The van der Waals surface area contributed by atoms with E-state index in [1.807, 2.05) is 23.9 Å². The van der Waals surface area contributed by atoms with E-state index in [4.69, 9.17) is 17.3 Å². The minimum Gasteiger partial charge on any atom is -0.327 e. The highest BCUT2D eigenvalue weighted by Gasteiger charge is 2.15. The molecule has 0 aromatic carbocycles. The van der Waals surface area contributed by atoms with Crippen molar-refractivity contribution in [3.8, 4) is 0 Å². The van der Waals surface area contributed by atoms with Gasteiger partial charge in [0.2, 0.25) is 0 Å². The van der Waals surface area contributed by atoms with Crippen molar-refractivity contribution in [3.05, 3.63) is 46.5 Å². The fraction of sp³-hybridized carbons (Fsp3) is 0.467. The zero-order valence-corrected chi connectivity index (χ0v) is 12.8. The molecule has 0 amide bonds. The quantitative estimate of drug-likeness (QED) is 0.891. The van der Waals surface area contributed by atoms with E-state index in [1.54, 1.807) is 6.20 Å². The number of rotatable bonds is 6. The summed E-state index contributed by atoms with van der Waals surface area (Å²) in [5, 5.41) is 5.17. The minimum absolute atomic E-state index is 0.0779. The molecule has 0 aliphatic heterocycles. The second-order valence-corrected chi connectivity index (χ2v) is 5.40. The summed E-state index contributed by atoms with van der Waals surface area (Å²) in [7, 11) is 0. The molecule has 0 aliphatic carbocycles. The van der Waals surface area contributed by atoms with Crippen molar-refractivity contribution in [2.75, 3.05) is 0 Å². The average Bonchev–Trinajstić information content (AvgIpc) is 2.74. The molecule has 0 fully saturated rings. The van der Waals surface area contributed by atoms with Crippen LogP contribution in [0.15, 0.2) is 24.5 Å². The molecule has 0 spiro atoms. The van der Waals surface area contributed by atoms with E-state index in [0.717, 1.165) is 42.2 Å². The molecular formula is C15H21ClN4. The molecule has 1 atom stereocenters. The molecule has 1 unspecified atom stereocenters. The van der Waals surface area contributed by atoms with Crippen molar-refractivity contribution in [1.29, 1.82) is 0 Å². The van der Waals surface area contributed by atoms with E-state index >= 15 is 0 Å². The van der Waals surface area contributed by atoms with Crippen molar-refractivity contribution >= 4 is 11.6 Å². The topological polar surface area (TPSA) is 56.7 Å². The molecular weight excluding hydrogens is 272 g/mol. The summed E-state index contributed by atoms with van der Waals surface area (Å²) in [5.41, 5.74) is 9.38. The van der Waals surface area contributed by atoms with Gasteiger partial charge in [0.1, 0.15) is 0 Å². The summed E-state index contributed by atoms with van der Waals surface area (Å²) in [5.74, 6) is 0. The van der Waals surface area contributed by atoms with Gasteiger partial charge >= 0.3 is 0 Å². The molecule has 0 saturated carbocycles. The molecule has 2 N–H and O–H groups in total. The molecule has 0 radical (unpaired) electrons. The predicted octanol–water partition coefficient (Wildman–Crippen LogP) is 2.76. The summed E-state index contributed by atoms with van der Waals surface area (Å²) in [6.45, 7) is 4.81. The van der Waals surface area contributed by atoms with Crippen LogP contribution in [0.2, 0.25) is 5.02 Å². The van der Waals surface area contributed by atoms with E-state index in [-0.39, 0.29) is 6.04 Å². The molecule has 2 aromatic rings. The first-order valence-corrected chi connectivity index (χ1v) is 7.35. The lowest BCUT2D eigenvalue weighted by molar-refractivity contribution is 0.554. The fourth-order valence-electron chi connectivity index (χ4n) is 2.31. The summed E-state index contributed by atoms with van der Waals surface area (Å²) < 4.78 is 1.95. The Hall–Kier alpha value is -1.39. The number of hydrogen-bond donors (Lipinski definition) is 1. The van der Waals surface area contributed by atoms with Gasteiger partial charge in [-0.05, 0) is 38.3 Å². The largest absolute Gasteiger partial charge is 0.327 e. The molecule has 4 nitrogen and oxygen atoms in total. The molecule has 2 aromatic heterocycles. The summed E-state index contributed by atoms with van der Waals surface area (Å²) in [6.07, 6.45) is 6.28. The normalized spacial score (nSPS) is 12.6. The average molecular weight is 293 g/mol. The van der Waals surface area contributed by atoms with Crippen LogP contribution in [-0.4, -0.2) is 20.8 Å². The van der Waals surface area contributed by atoms with E-state index < -0.39 is 0 Å². The Bertz CT molecular complexity index is 551. The molecule has 0 aliphatic rings. The van der Waals surface area contributed by atoms with Gasteiger partial charge in [-0.3, -0.25) is 9.67 Å². The van der Waals surface area contributed by atoms with Crippen LogP contribution < -0.4 is 5.73 Å². The Kier molecular flexibility index (Phi) is 5.15. The number of halogens is 1. The molecule has 2 rings (SSSR count). The van der Waals surface area contributed by atoms with E-state index in [1.165, 1.54) is 5.56 Å². The third-order valence-electron chi connectivity index (χ3n) is 3.43. The molecule has 108 valence electrons. The number of pyridine rings is 1. The summed E-state index contributed by atoms with van der Waals surface area (Å²) in [6, 6.07) is 4.11. The standard InChI is InChI=1S/C15H21ClN4/c1-3-20-14(15(16)11(2)19-20)9-13(17)7-6-12-5-4-8-18-10-12/h4-5,8,10,13H,3,6-7,9,17H2,1-2H3. The highest BCUT2D eigenvalue weighted by atomic mass is 35.5. The maximum Gasteiger partial charge on any atom is 0.0847 e. The van der Waals surface area contributed by atoms with Gasteiger partial charge in [0.15, 0.2) is 0 Å². The molecule has 2 heterocycles. The number of nitrogens with zero attached hydrogens (tertiary/aromatic N) is 3. The van der Waals surface area contributed by atoms with Gasteiger partial charge in [-0.1, -0.05) is 17.7 Å². The van der Waals surface area contributed by atoms with E-state index in [9.17, 15) is 0 Å². The maximum absolute atomic E-state index is 6.31. The molecule has 5 heteroatoms. The smallest absolute Gasteiger partial charge is 0.0847 e. The third kappa shape index (κ3) is 3.58. The highest BCUT2D eigenvalue weighted by molar-refractivity contribution is 6.31. The van der Waals surface area contributed by atoms with Gasteiger partial charge in [0.05, 0.1) is 16.4 Å². The Balaban J connectivity index is 1.96. The fourth-order valence-corrected chi connectivity index (χ4v) is 2.52. The number of aromatic nitrogens is 3. The van der Waals surface area contributed by atoms with Crippen molar-refractivity contribution in [2.45, 2.75) is 45.7 Å². The van der Waals surface area contributed by atoms with Crippen molar-refractivity contribution in [2.24, 2.45) is 5.73 Å². The summed E-state index contributed by atoms with van der Waals surface area (Å²) >= 11 is 6.31. The first kappa shape index (κ1) is 15.0. The van der Waals surface area contributed by atoms with Gasteiger partial charge in [0.25, 0.3) is 0 Å². The van der Waals surface area contributed by atoms with Crippen molar-refractivity contribution < 1.29 is 0 Å². The predicted molar refractivity (Wildman–Crippen MR) is 81.9 cm³/mol. The van der Waals surface area contributed by atoms with E-state index in [2.05, 4.69) is 23.1 Å². The second-order valence-electron chi connectivity index (χ2n) is 5.03. The SMILES string of the molecule is CCn1nc(C)c(Cl)c1CC(N)CCc1cccnc1. The Morgan fingerprint density at radius 3 is 2.90 bits per heavy atom. The Morgan fingerprint density at radius 2 is 2.25 bits per heavy atom. The molecule has 0 bridgehead atoms. The maximum atomic E-state index is 6.31. The highest BCUT2D eigenvalue weighted by Crippen LogP contribution is 2.22. The van der Waals surface area contributed by atoms with Crippen molar-refractivity contribution in [3.63, 3.8) is 0 Å².